The first-order valence-corrected chi connectivity index (χ1v) is 19.3. The summed E-state index contributed by atoms with van der Waals surface area (Å²) in [4.78, 5) is 5.10. The number of fused-ring (bicyclic) bond motifs is 13. The second kappa shape index (κ2) is 11.4. The van der Waals surface area contributed by atoms with Crippen molar-refractivity contribution in [2.24, 2.45) is 0 Å². The molecule has 0 aliphatic heterocycles. The number of furan rings is 1. The molecule has 0 N–H and O–H groups in total. The van der Waals surface area contributed by atoms with Crippen LogP contribution in [0.5, 0.6) is 0 Å². The van der Waals surface area contributed by atoms with Gasteiger partial charge in [0.25, 0.3) is 0 Å². The Morgan fingerprint density at radius 2 is 0.860 bits per heavy atom. The Morgan fingerprint density at radius 1 is 0.351 bits per heavy atom. The Balaban J connectivity index is 1.02. The van der Waals surface area contributed by atoms with Gasteiger partial charge in [0.1, 0.15) is 11.1 Å². The van der Waals surface area contributed by atoms with Crippen LogP contribution in [0.25, 0.3) is 111 Å². The zero-order chi connectivity index (χ0) is 37.2. The van der Waals surface area contributed by atoms with Crippen LogP contribution in [-0.2, 0) is 0 Å². The van der Waals surface area contributed by atoms with Crippen molar-refractivity contribution >= 4 is 82.6 Å². The van der Waals surface area contributed by atoms with Gasteiger partial charge in [-0.25, -0.2) is 0 Å². The molecule has 13 aromatic rings. The summed E-state index contributed by atoms with van der Waals surface area (Å²) < 4.78 is 15.5. The van der Waals surface area contributed by atoms with Gasteiger partial charge in [0.15, 0.2) is 0 Å². The van der Waals surface area contributed by atoms with Gasteiger partial charge in [0.2, 0.25) is 11.5 Å². The van der Waals surface area contributed by atoms with Crippen molar-refractivity contribution in [2.75, 3.05) is 0 Å². The van der Waals surface area contributed by atoms with Crippen LogP contribution in [0.3, 0.4) is 0 Å². The van der Waals surface area contributed by atoms with E-state index in [0.29, 0.717) is 5.71 Å². The van der Waals surface area contributed by atoms with Crippen LogP contribution < -0.4 is 0 Å². The van der Waals surface area contributed by atoms with Gasteiger partial charge in [-0.2, -0.15) is 4.98 Å². The smallest absolute Gasteiger partial charge is 0.248 e. The van der Waals surface area contributed by atoms with E-state index in [1.54, 1.807) is 0 Å². The molecule has 8 aromatic carbocycles. The number of imidazole rings is 2. The van der Waals surface area contributed by atoms with Gasteiger partial charge >= 0.3 is 0 Å². The minimum absolute atomic E-state index is 0.640. The van der Waals surface area contributed by atoms with Gasteiger partial charge < -0.3 is 13.6 Å². The summed E-state index contributed by atoms with van der Waals surface area (Å²) in [5.41, 5.74) is 15.0. The molecule has 57 heavy (non-hydrogen) atoms. The van der Waals surface area contributed by atoms with Crippen LogP contribution in [0.15, 0.2) is 192 Å². The van der Waals surface area contributed by atoms with E-state index in [9.17, 15) is 0 Å². The lowest BCUT2D eigenvalue weighted by atomic mass is 10.0. The van der Waals surface area contributed by atoms with Crippen molar-refractivity contribution in [3.05, 3.63) is 188 Å². The van der Waals surface area contributed by atoms with E-state index < -0.39 is 0 Å². The SMILES string of the molecule is c1ccc(-n2c3ccccc3c3cc(-c4ccc5c(c4)c4ccccc4n5-c4ccc5c(c4)n(-c4ccccc4)c4nc6oc7ccccc7c6n54)ccc32)cc1. The molecule has 0 amide bonds. The second-order valence-corrected chi connectivity index (χ2v) is 14.8. The quantitative estimate of drug-likeness (QED) is 0.181. The maximum atomic E-state index is 6.26. The van der Waals surface area contributed by atoms with Gasteiger partial charge in [-0.1, -0.05) is 97.1 Å². The Morgan fingerprint density at radius 3 is 1.51 bits per heavy atom. The van der Waals surface area contributed by atoms with Crippen molar-refractivity contribution in [3.8, 4) is 28.2 Å². The number of hydrogen-bond acceptors (Lipinski definition) is 2. The zero-order valence-electron chi connectivity index (χ0n) is 30.5. The van der Waals surface area contributed by atoms with Crippen LogP contribution >= 0.6 is 0 Å². The Labute approximate surface area is 325 Å². The molecule has 0 aliphatic carbocycles. The van der Waals surface area contributed by atoms with Crippen molar-refractivity contribution in [1.82, 2.24) is 23.1 Å². The fourth-order valence-corrected chi connectivity index (χ4v) is 9.33. The Bertz CT molecular complexity index is 3750. The van der Waals surface area contributed by atoms with Crippen molar-refractivity contribution < 1.29 is 4.42 Å². The summed E-state index contributed by atoms with van der Waals surface area (Å²) in [7, 11) is 0. The van der Waals surface area contributed by atoms with Gasteiger partial charge in [0.05, 0.1) is 33.1 Å². The molecule has 6 heteroatoms. The van der Waals surface area contributed by atoms with E-state index in [2.05, 4.69) is 194 Å². The van der Waals surface area contributed by atoms with Gasteiger partial charge in [-0.15, -0.1) is 0 Å². The lowest BCUT2D eigenvalue weighted by Gasteiger charge is -2.11. The number of para-hydroxylation sites is 5. The van der Waals surface area contributed by atoms with E-state index in [1.165, 1.54) is 43.7 Å². The molecular weight excluding hydrogens is 699 g/mol. The molecule has 0 unspecified atom stereocenters. The van der Waals surface area contributed by atoms with Crippen LogP contribution in [-0.4, -0.2) is 23.1 Å². The molecule has 0 saturated heterocycles. The molecular formula is C51H31N5O. The number of hydrogen-bond donors (Lipinski definition) is 0. The van der Waals surface area contributed by atoms with E-state index >= 15 is 0 Å². The minimum Gasteiger partial charge on any atom is -0.436 e. The Hall–Kier alpha value is -7.83. The molecule has 0 bridgehead atoms. The third kappa shape index (κ3) is 4.21. The van der Waals surface area contributed by atoms with Gasteiger partial charge in [0, 0.05) is 44.0 Å². The highest BCUT2D eigenvalue weighted by Gasteiger charge is 2.23. The maximum absolute atomic E-state index is 6.26. The van der Waals surface area contributed by atoms with E-state index in [4.69, 9.17) is 9.40 Å². The lowest BCUT2D eigenvalue weighted by molar-refractivity contribution is 0.656. The highest BCUT2D eigenvalue weighted by Crippen LogP contribution is 2.40. The first-order chi connectivity index (χ1) is 28.3. The second-order valence-electron chi connectivity index (χ2n) is 14.8. The number of benzene rings is 8. The summed E-state index contributed by atoms with van der Waals surface area (Å²) >= 11 is 0. The topological polar surface area (TPSA) is 45.2 Å². The molecule has 0 aliphatic rings. The van der Waals surface area contributed by atoms with Crippen LogP contribution in [0.4, 0.5) is 0 Å². The van der Waals surface area contributed by atoms with Crippen molar-refractivity contribution in [2.45, 2.75) is 0 Å². The molecule has 0 spiro atoms. The highest BCUT2D eigenvalue weighted by atomic mass is 16.3. The third-order valence-electron chi connectivity index (χ3n) is 11.8. The summed E-state index contributed by atoms with van der Waals surface area (Å²) in [5.74, 6) is 0.823. The van der Waals surface area contributed by atoms with Gasteiger partial charge in [-0.05, 0) is 102 Å². The summed E-state index contributed by atoms with van der Waals surface area (Å²) in [6, 6.07) is 67.4. The monoisotopic (exact) mass is 729 g/mol. The molecule has 0 atom stereocenters. The number of aromatic nitrogens is 5. The molecule has 5 aromatic heterocycles. The largest absolute Gasteiger partial charge is 0.436 e. The van der Waals surface area contributed by atoms with Crippen molar-refractivity contribution in [3.63, 3.8) is 0 Å². The molecule has 266 valence electrons. The first-order valence-electron chi connectivity index (χ1n) is 19.3. The fourth-order valence-electron chi connectivity index (χ4n) is 9.33. The molecule has 6 nitrogen and oxygen atoms in total. The van der Waals surface area contributed by atoms with Gasteiger partial charge in [-0.3, -0.25) is 8.97 Å². The maximum Gasteiger partial charge on any atom is 0.248 e. The average molecular weight is 730 g/mol. The fraction of sp³-hybridized carbons (Fsp3) is 0. The zero-order valence-corrected chi connectivity index (χ0v) is 30.5. The Kier molecular flexibility index (Phi) is 6.07. The lowest BCUT2D eigenvalue weighted by Crippen LogP contribution is -1.97. The standard InChI is InChI=1S/C51H31N5O/c1-3-13-34(14-4-1)53-42-20-10-7-17-37(42)40-29-32(23-26-44(40)53)33-24-27-45-41(30-33)38-18-8-11-21-43(38)54(45)36-25-28-46-47(31-36)55(35-15-5-2-6-16-35)51-52-50-49(56(46)51)39-19-9-12-22-48(39)57-50/h1-31H. The molecule has 5 heterocycles. The van der Waals surface area contributed by atoms with Crippen LogP contribution in [0, 0.1) is 0 Å². The predicted molar refractivity (Wildman–Crippen MR) is 233 cm³/mol. The molecule has 0 fully saturated rings. The summed E-state index contributed by atoms with van der Waals surface area (Å²) in [5, 5.41) is 5.98. The molecule has 13 rings (SSSR count). The van der Waals surface area contributed by atoms with E-state index in [1.807, 2.05) is 12.1 Å². The normalized spacial score (nSPS) is 12.2. The van der Waals surface area contributed by atoms with E-state index in [0.717, 1.165) is 61.4 Å². The third-order valence-corrected chi connectivity index (χ3v) is 11.8. The summed E-state index contributed by atoms with van der Waals surface area (Å²) in [6.45, 7) is 0. The first kappa shape index (κ1) is 30.5. The predicted octanol–water partition coefficient (Wildman–Crippen LogP) is 13.0. The summed E-state index contributed by atoms with van der Waals surface area (Å²) in [6.07, 6.45) is 0. The van der Waals surface area contributed by atoms with Crippen molar-refractivity contribution in [1.29, 1.82) is 0 Å². The van der Waals surface area contributed by atoms with Crippen LogP contribution in [0.2, 0.25) is 0 Å². The number of nitrogens with zero attached hydrogens (tertiary/aromatic N) is 5. The van der Waals surface area contributed by atoms with Crippen LogP contribution in [0.1, 0.15) is 0 Å². The number of rotatable bonds is 4. The van der Waals surface area contributed by atoms with E-state index in [-0.39, 0.29) is 0 Å². The minimum atomic E-state index is 0.640. The molecule has 0 radical (unpaired) electrons. The highest BCUT2D eigenvalue weighted by molar-refractivity contribution is 6.13. The molecule has 0 saturated carbocycles. The average Bonchev–Trinajstić information content (AvgIpc) is 4.06.